The third-order valence-electron chi connectivity index (χ3n) is 2.44. The molecule has 0 radical (unpaired) electrons. The lowest BCUT2D eigenvalue weighted by Crippen LogP contribution is -2.23. The zero-order valence-corrected chi connectivity index (χ0v) is 11.2. The quantitative estimate of drug-likeness (QED) is 0.882. The highest BCUT2D eigenvalue weighted by Gasteiger charge is 2.08. The summed E-state index contributed by atoms with van der Waals surface area (Å²) < 4.78 is 12.9. The van der Waals surface area contributed by atoms with Gasteiger partial charge in [0.2, 0.25) is 5.95 Å². The van der Waals surface area contributed by atoms with Crippen molar-refractivity contribution in [3.63, 3.8) is 0 Å². The normalized spacial score (nSPS) is 10.3. The van der Waals surface area contributed by atoms with Gasteiger partial charge in [0.15, 0.2) is 0 Å². The number of benzene rings is 1. The molecule has 0 saturated carbocycles. The molecule has 6 heteroatoms. The summed E-state index contributed by atoms with van der Waals surface area (Å²) in [7, 11) is 0. The monoisotopic (exact) mass is 298 g/mol. The Labute approximate surface area is 119 Å². The minimum atomic E-state index is -0.697. The molecule has 1 amide bonds. The molecule has 1 heterocycles. The lowest BCUT2D eigenvalue weighted by atomic mass is 10.2. The molecule has 0 aliphatic carbocycles. The van der Waals surface area contributed by atoms with Crippen LogP contribution in [0.15, 0.2) is 36.5 Å². The Balaban J connectivity index is 2.04. The molecule has 1 aromatic heterocycles. The summed E-state index contributed by atoms with van der Waals surface area (Å²) in [6, 6.07) is 7.50. The van der Waals surface area contributed by atoms with Crippen LogP contribution in [0.25, 0.3) is 0 Å². The highest BCUT2D eigenvalue weighted by molar-refractivity contribution is 6.35. The predicted molar refractivity (Wildman–Crippen MR) is 71.8 cm³/mol. The molecule has 0 fully saturated rings. The number of pyridine rings is 1. The molecule has 0 bridgehead atoms. The first-order valence-electron chi connectivity index (χ1n) is 5.40. The highest BCUT2D eigenvalue weighted by Crippen LogP contribution is 2.20. The maximum absolute atomic E-state index is 12.9. The van der Waals surface area contributed by atoms with Crippen molar-refractivity contribution >= 4 is 29.1 Å². The van der Waals surface area contributed by atoms with E-state index in [0.29, 0.717) is 10.0 Å². The van der Waals surface area contributed by atoms with Crippen molar-refractivity contribution in [2.24, 2.45) is 0 Å². The van der Waals surface area contributed by atoms with Crippen molar-refractivity contribution in [3.05, 3.63) is 63.6 Å². The second-order valence-corrected chi connectivity index (χ2v) is 4.63. The Kier molecular flexibility index (Phi) is 4.35. The zero-order chi connectivity index (χ0) is 13.8. The van der Waals surface area contributed by atoms with E-state index in [9.17, 15) is 9.18 Å². The van der Waals surface area contributed by atoms with Crippen LogP contribution in [0.2, 0.25) is 10.0 Å². The number of amides is 1. The molecule has 19 heavy (non-hydrogen) atoms. The average Bonchev–Trinajstić information content (AvgIpc) is 2.37. The summed E-state index contributed by atoms with van der Waals surface area (Å²) in [5.41, 5.74) is 0.937. The van der Waals surface area contributed by atoms with Gasteiger partial charge in [-0.15, -0.1) is 0 Å². The summed E-state index contributed by atoms with van der Waals surface area (Å²) >= 11 is 11.8. The molecule has 0 saturated heterocycles. The van der Waals surface area contributed by atoms with Crippen LogP contribution in [-0.4, -0.2) is 10.9 Å². The molecular weight excluding hydrogens is 290 g/mol. The SMILES string of the molecule is O=C(NCc1ccc(Cl)cc1Cl)c1ccnc(F)c1. The first kappa shape index (κ1) is 13.8. The van der Waals surface area contributed by atoms with Gasteiger partial charge >= 0.3 is 0 Å². The summed E-state index contributed by atoms with van der Waals surface area (Å²) in [6.07, 6.45) is 1.24. The van der Waals surface area contributed by atoms with Gasteiger partial charge in [0.05, 0.1) is 0 Å². The summed E-state index contributed by atoms with van der Waals surface area (Å²) in [5, 5.41) is 3.63. The fourth-order valence-electron chi connectivity index (χ4n) is 1.49. The number of hydrogen-bond acceptors (Lipinski definition) is 2. The van der Waals surface area contributed by atoms with E-state index in [1.807, 2.05) is 0 Å². The maximum Gasteiger partial charge on any atom is 0.251 e. The van der Waals surface area contributed by atoms with Gasteiger partial charge in [-0.3, -0.25) is 4.79 Å². The Morgan fingerprint density at radius 2 is 2.05 bits per heavy atom. The second kappa shape index (κ2) is 5.99. The van der Waals surface area contributed by atoms with Gasteiger partial charge in [0, 0.05) is 34.4 Å². The van der Waals surface area contributed by atoms with Crippen molar-refractivity contribution in [2.75, 3.05) is 0 Å². The topological polar surface area (TPSA) is 42.0 Å². The largest absolute Gasteiger partial charge is 0.348 e. The number of carbonyl (C=O) groups excluding carboxylic acids is 1. The number of halogens is 3. The minimum Gasteiger partial charge on any atom is -0.348 e. The van der Waals surface area contributed by atoms with E-state index in [4.69, 9.17) is 23.2 Å². The Morgan fingerprint density at radius 1 is 1.26 bits per heavy atom. The summed E-state index contributed by atoms with van der Waals surface area (Å²) in [4.78, 5) is 15.2. The van der Waals surface area contributed by atoms with E-state index in [1.165, 1.54) is 12.3 Å². The van der Waals surface area contributed by atoms with E-state index >= 15 is 0 Å². The van der Waals surface area contributed by atoms with Crippen LogP contribution in [0, 0.1) is 5.95 Å². The van der Waals surface area contributed by atoms with Crippen molar-refractivity contribution in [2.45, 2.75) is 6.54 Å². The summed E-state index contributed by atoms with van der Waals surface area (Å²) in [5.74, 6) is -1.09. The van der Waals surface area contributed by atoms with Gasteiger partial charge in [-0.05, 0) is 23.8 Å². The molecule has 1 N–H and O–H groups in total. The molecule has 0 unspecified atom stereocenters. The third-order valence-corrected chi connectivity index (χ3v) is 3.03. The number of nitrogens with one attached hydrogen (secondary N) is 1. The van der Waals surface area contributed by atoms with E-state index in [0.717, 1.165) is 11.6 Å². The van der Waals surface area contributed by atoms with Gasteiger partial charge < -0.3 is 5.32 Å². The van der Waals surface area contributed by atoms with E-state index < -0.39 is 11.9 Å². The maximum atomic E-state index is 12.9. The molecule has 0 spiro atoms. The van der Waals surface area contributed by atoms with Crippen LogP contribution in [0.3, 0.4) is 0 Å². The number of rotatable bonds is 3. The number of nitrogens with zero attached hydrogens (tertiary/aromatic N) is 1. The lowest BCUT2D eigenvalue weighted by Gasteiger charge is -2.07. The molecule has 3 nitrogen and oxygen atoms in total. The van der Waals surface area contributed by atoms with Crippen LogP contribution in [-0.2, 0) is 6.54 Å². The first-order valence-corrected chi connectivity index (χ1v) is 6.15. The van der Waals surface area contributed by atoms with Gasteiger partial charge in [-0.1, -0.05) is 29.3 Å². The molecule has 0 aliphatic rings. The minimum absolute atomic E-state index is 0.206. The zero-order valence-electron chi connectivity index (χ0n) is 9.66. The Bertz CT molecular complexity index is 619. The fraction of sp³-hybridized carbons (Fsp3) is 0.0769. The molecule has 1 aromatic carbocycles. The van der Waals surface area contributed by atoms with Crippen LogP contribution < -0.4 is 5.32 Å². The molecule has 2 aromatic rings. The molecule has 0 aliphatic heterocycles. The van der Waals surface area contributed by atoms with Crippen molar-refractivity contribution in [1.82, 2.24) is 10.3 Å². The van der Waals surface area contributed by atoms with E-state index in [-0.39, 0.29) is 12.1 Å². The van der Waals surface area contributed by atoms with Gasteiger partial charge in [-0.25, -0.2) is 4.98 Å². The highest BCUT2D eigenvalue weighted by atomic mass is 35.5. The summed E-state index contributed by atoms with van der Waals surface area (Å²) in [6.45, 7) is 0.235. The Hall–Kier alpha value is -1.65. The lowest BCUT2D eigenvalue weighted by molar-refractivity contribution is 0.0950. The molecular formula is C13H9Cl2FN2O. The van der Waals surface area contributed by atoms with Crippen LogP contribution in [0.5, 0.6) is 0 Å². The van der Waals surface area contributed by atoms with E-state index in [1.54, 1.807) is 18.2 Å². The molecule has 0 atom stereocenters. The number of aromatic nitrogens is 1. The second-order valence-electron chi connectivity index (χ2n) is 3.79. The van der Waals surface area contributed by atoms with Crippen LogP contribution in [0.1, 0.15) is 15.9 Å². The van der Waals surface area contributed by atoms with Crippen molar-refractivity contribution < 1.29 is 9.18 Å². The standard InChI is InChI=1S/C13H9Cl2FN2O/c14-10-2-1-9(11(15)6-10)7-18-13(19)8-3-4-17-12(16)5-8/h1-6H,7H2,(H,18,19). The Morgan fingerprint density at radius 3 is 2.74 bits per heavy atom. The van der Waals surface area contributed by atoms with Crippen LogP contribution >= 0.6 is 23.2 Å². The fourth-order valence-corrected chi connectivity index (χ4v) is 1.96. The molecule has 2 rings (SSSR count). The van der Waals surface area contributed by atoms with Crippen molar-refractivity contribution in [1.29, 1.82) is 0 Å². The van der Waals surface area contributed by atoms with Gasteiger partial charge in [0.1, 0.15) is 0 Å². The van der Waals surface area contributed by atoms with E-state index in [2.05, 4.69) is 10.3 Å². The number of hydrogen-bond donors (Lipinski definition) is 1. The first-order chi connectivity index (χ1) is 9.06. The smallest absolute Gasteiger partial charge is 0.251 e. The average molecular weight is 299 g/mol. The predicted octanol–water partition coefficient (Wildman–Crippen LogP) is 3.46. The third kappa shape index (κ3) is 3.66. The molecule has 98 valence electrons. The van der Waals surface area contributed by atoms with Gasteiger partial charge in [-0.2, -0.15) is 4.39 Å². The van der Waals surface area contributed by atoms with Gasteiger partial charge in [0.25, 0.3) is 5.91 Å². The van der Waals surface area contributed by atoms with Crippen LogP contribution in [0.4, 0.5) is 4.39 Å². The van der Waals surface area contributed by atoms with Crippen molar-refractivity contribution in [3.8, 4) is 0 Å². The number of carbonyl (C=O) groups is 1.